The van der Waals surface area contributed by atoms with Crippen molar-refractivity contribution in [3.8, 4) is 0 Å². The van der Waals surface area contributed by atoms with E-state index in [2.05, 4.69) is 15.6 Å². The van der Waals surface area contributed by atoms with E-state index in [1.165, 1.54) is 0 Å². The van der Waals surface area contributed by atoms with Gasteiger partial charge < -0.3 is 20.1 Å². The van der Waals surface area contributed by atoms with Crippen LogP contribution < -0.4 is 5.32 Å². The van der Waals surface area contributed by atoms with Crippen LogP contribution in [0.4, 0.5) is 4.79 Å². The monoisotopic (exact) mass is 313 g/mol. The molecule has 2 N–H and O–H groups in total. The zero-order chi connectivity index (χ0) is 16.6. The van der Waals surface area contributed by atoms with Gasteiger partial charge in [0, 0.05) is 32.4 Å². The molecule has 1 amide bonds. The van der Waals surface area contributed by atoms with Crippen LogP contribution in [-0.2, 0) is 17.8 Å². The first-order valence-electron chi connectivity index (χ1n) is 7.54. The van der Waals surface area contributed by atoms with Crippen LogP contribution in [0.5, 0.6) is 0 Å². The minimum Gasteiger partial charge on any atom is -0.444 e. The lowest BCUT2D eigenvalue weighted by Gasteiger charge is -2.26. The first kappa shape index (κ1) is 18.4. The van der Waals surface area contributed by atoms with Gasteiger partial charge in [0.05, 0.1) is 18.8 Å². The highest BCUT2D eigenvalue weighted by Gasteiger charge is 2.20. The molecule has 0 fully saturated rings. The number of carbonyl (C=O) groups excluding carboxylic acids is 1. The van der Waals surface area contributed by atoms with Crippen LogP contribution in [0.25, 0.3) is 0 Å². The van der Waals surface area contributed by atoms with Gasteiger partial charge in [-0.2, -0.15) is 0 Å². The Kier molecular flexibility index (Phi) is 7.26. The van der Waals surface area contributed by atoms with Crippen LogP contribution in [0.3, 0.4) is 0 Å². The minimum absolute atomic E-state index is 0.0393. The number of aromatic nitrogens is 3. The molecule has 1 aromatic heterocycles. The molecular weight excluding hydrogens is 286 g/mol. The topological polar surface area (TPSA) is 92.5 Å². The highest BCUT2D eigenvalue weighted by atomic mass is 16.6. The number of ether oxygens (including phenoxy) is 1. The van der Waals surface area contributed by atoms with Gasteiger partial charge in [-0.3, -0.25) is 0 Å². The molecule has 0 saturated carbocycles. The Bertz CT molecular complexity index is 456. The van der Waals surface area contributed by atoms with E-state index in [1.54, 1.807) is 15.8 Å². The number of hydrogen-bond acceptors (Lipinski definition) is 6. The molecule has 0 saturated heterocycles. The number of hydrogen-bond donors (Lipinski definition) is 2. The second-order valence-corrected chi connectivity index (χ2v) is 5.93. The maximum absolute atomic E-state index is 12.0. The third-order valence-electron chi connectivity index (χ3n) is 2.81. The third kappa shape index (κ3) is 6.86. The molecule has 0 aromatic carbocycles. The van der Waals surface area contributed by atoms with E-state index in [0.717, 1.165) is 5.69 Å². The first-order valence-corrected chi connectivity index (χ1v) is 7.54. The van der Waals surface area contributed by atoms with Crippen molar-refractivity contribution in [1.29, 1.82) is 0 Å². The highest BCUT2D eigenvalue weighted by Crippen LogP contribution is 2.09. The van der Waals surface area contributed by atoms with Crippen molar-refractivity contribution in [3.05, 3.63) is 11.9 Å². The van der Waals surface area contributed by atoms with Gasteiger partial charge in [-0.15, -0.1) is 5.10 Å². The molecule has 0 atom stereocenters. The average molecular weight is 313 g/mol. The zero-order valence-electron chi connectivity index (χ0n) is 13.9. The maximum Gasteiger partial charge on any atom is 0.410 e. The Hall–Kier alpha value is -1.67. The number of likely N-dealkylation sites (N-methyl/N-ethyl adjacent to an activating group) is 1. The van der Waals surface area contributed by atoms with Crippen LogP contribution >= 0.6 is 0 Å². The summed E-state index contributed by atoms with van der Waals surface area (Å²) in [5.41, 5.74) is 0.317. The molecule has 0 aliphatic carbocycles. The van der Waals surface area contributed by atoms with Crippen molar-refractivity contribution < 1.29 is 14.6 Å². The molecule has 0 bridgehead atoms. The van der Waals surface area contributed by atoms with Gasteiger partial charge >= 0.3 is 6.09 Å². The molecular formula is C14H27N5O3. The summed E-state index contributed by atoms with van der Waals surface area (Å²) in [5, 5.41) is 19.9. The molecule has 0 aliphatic rings. The van der Waals surface area contributed by atoms with E-state index >= 15 is 0 Å². The van der Waals surface area contributed by atoms with Gasteiger partial charge in [0.25, 0.3) is 0 Å². The lowest BCUT2D eigenvalue weighted by atomic mass is 10.2. The van der Waals surface area contributed by atoms with Gasteiger partial charge in [-0.1, -0.05) is 5.21 Å². The second-order valence-electron chi connectivity index (χ2n) is 5.93. The molecule has 1 aromatic rings. The molecule has 1 rings (SSSR count). The molecule has 8 nitrogen and oxygen atoms in total. The maximum atomic E-state index is 12.0. The average Bonchev–Trinajstić information content (AvgIpc) is 2.85. The van der Waals surface area contributed by atoms with E-state index in [0.29, 0.717) is 32.7 Å². The van der Waals surface area contributed by atoms with Gasteiger partial charge in [0.1, 0.15) is 5.60 Å². The highest BCUT2D eigenvalue weighted by molar-refractivity contribution is 5.68. The Morgan fingerprint density at radius 1 is 1.50 bits per heavy atom. The normalized spacial score (nSPS) is 11.5. The third-order valence-corrected chi connectivity index (χ3v) is 2.81. The van der Waals surface area contributed by atoms with Crippen LogP contribution in [0.1, 0.15) is 33.4 Å². The standard InChI is InChI=1S/C14H27N5O3/c1-5-18(13(21)22-14(2,3)4)7-6-15-10-12-11-19(8-9-20)17-16-12/h11,15,20H,5-10H2,1-4H3. The number of aliphatic hydroxyl groups is 1. The van der Waals surface area contributed by atoms with Gasteiger partial charge in [0.15, 0.2) is 0 Å². The molecule has 22 heavy (non-hydrogen) atoms. The molecule has 0 unspecified atom stereocenters. The van der Waals surface area contributed by atoms with Crippen LogP contribution in [0.2, 0.25) is 0 Å². The van der Waals surface area contributed by atoms with E-state index in [-0.39, 0.29) is 12.7 Å². The largest absolute Gasteiger partial charge is 0.444 e. The van der Waals surface area contributed by atoms with E-state index in [1.807, 2.05) is 27.7 Å². The Labute approximate surface area is 131 Å². The minimum atomic E-state index is -0.483. The molecule has 126 valence electrons. The lowest BCUT2D eigenvalue weighted by molar-refractivity contribution is 0.0262. The molecule has 0 radical (unpaired) electrons. The number of nitrogens with zero attached hydrogens (tertiary/aromatic N) is 4. The van der Waals surface area contributed by atoms with Crippen LogP contribution in [0, 0.1) is 0 Å². The summed E-state index contributed by atoms with van der Waals surface area (Å²) in [6.07, 6.45) is 1.49. The van der Waals surface area contributed by atoms with E-state index < -0.39 is 5.60 Å². The summed E-state index contributed by atoms with van der Waals surface area (Å²) in [4.78, 5) is 13.6. The Balaban J connectivity index is 2.30. The summed E-state index contributed by atoms with van der Waals surface area (Å²) < 4.78 is 6.94. The fourth-order valence-electron chi connectivity index (χ4n) is 1.77. The number of nitrogens with one attached hydrogen (secondary N) is 1. The Morgan fingerprint density at radius 3 is 2.82 bits per heavy atom. The fraction of sp³-hybridized carbons (Fsp3) is 0.786. The van der Waals surface area contributed by atoms with Crippen molar-refractivity contribution in [2.24, 2.45) is 0 Å². The van der Waals surface area contributed by atoms with Crippen LogP contribution in [0.15, 0.2) is 6.20 Å². The summed E-state index contributed by atoms with van der Waals surface area (Å²) in [6, 6.07) is 0. The van der Waals surface area contributed by atoms with Crippen molar-refractivity contribution in [2.45, 2.75) is 46.4 Å². The molecule has 0 aliphatic heterocycles. The van der Waals surface area contributed by atoms with E-state index in [9.17, 15) is 4.79 Å². The fourth-order valence-corrected chi connectivity index (χ4v) is 1.77. The number of carbonyl (C=O) groups is 1. The first-order chi connectivity index (χ1) is 10.4. The van der Waals surface area contributed by atoms with Crippen molar-refractivity contribution in [2.75, 3.05) is 26.2 Å². The molecule has 1 heterocycles. The number of aliphatic hydroxyl groups excluding tert-OH is 1. The van der Waals surface area contributed by atoms with Gasteiger partial charge in [0.2, 0.25) is 0 Å². The predicted octanol–water partition coefficient (Wildman–Crippen LogP) is 0.617. The van der Waals surface area contributed by atoms with Crippen LogP contribution in [-0.4, -0.2) is 62.9 Å². The quantitative estimate of drug-likeness (QED) is 0.683. The van der Waals surface area contributed by atoms with Crippen molar-refractivity contribution >= 4 is 6.09 Å². The SMILES string of the molecule is CCN(CCNCc1cn(CCO)nn1)C(=O)OC(C)(C)C. The lowest BCUT2D eigenvalue weighted by Crippen LogP contribution is -2.40. The smallest absolute Gasteiger partial charge is 0.410 e. The molecule has 0 spiro atoms. The molecule has 8 heteroatoms. The second kappa shape index (κ2) is 8.70. The van der Waals surface area contributed by atoms with Crippen molar-refractivity contribution in [1.82, 2.24) is 25.2 Å². The zero-order valence-corrected chi connectivity index (χ0v) is 13.9. The summed E-state index contributed by atoms with van der Waals surface area (Å²) in [5.74, 6) is 0. The number of amides is 1. The van der Waals surface area contributed by atoms with Crippen molar-refractivity contribution in [3.63, 3.8) is 0 Å². The number of rotatable bonds is 8. The Morgan fingerprint density at radius 2 is 2.23 bits per heavy atom. The summed E-state index contributed by atoms with van der Waals surface area (Å²) in [7, 11) is 0. The summed E-state index contributed by atoms with van der Waals surface area (Å²) in [6.45, 7) is 10.3. The summed E-state index contributed by atoms with van der Waals surface area (Å²) >= 11 is 0. The van der Waals surface area contributed by atoms with Gasteiger partial charge in [-0.25, -0.2) is 9.48 Å². The predicted molar refractivity (Wildman–Crippen MR) is 82.3 cm³/mol. The van der Waals surface area contributed by atoms with E-state index in [4.69, 9.17) is 9.84 Å². The van der Waals surface area contributed by atoms with Gasteiger partial charge in [-0.05, 0) is 27.7 Å².